The molecule has 5 aliphatic rings. The van der Waals surface area contributed by atoms with E-state index >= 15 is 0 Å². The molecule has 0 saturated heterocycles. The number of thiazole rings is 3. The van der Waals surface area contributed by atoms with E-state index in [-0.39, 0.29) is 110 Å². The minimum Gasteiger partial charge on any atom is -0.497 e. The number of anilines is 5. The molecule has 1 atom stereocenters. The van der Waals surface area contributed by atoms with Crippen LogP contribution in [0.3, 0.4) is 0 Å². The summed E-state index contributed by atoms with van der Waals surface area (Å²) in [7, 11) is 1.61. The number of aryl methyl sites for hydroxylation is 2. The Hall–Kier alpha value is -17.7. The largest absolute Gasteiger partial charge is 0.586 e. The zero-order chi connectivity index (χ0) is 98.6. The Balaban J connectivity index is 0.000000105. The van der Waals surface area contributed by atoms with Crippen LogP contribution in [0.2, 0.25) is 0 Å². The number of nitrogens with one attached hydrogen (secondary N) is 10. The van der Waals surface area contributed by atoms with Crippen LogP contribution >= 0.6 is 56.9 Å². The fourth-order valence-corrected chi connectivity index (χ4v) is 17.7. The first-order valence-corrected chi connectivity index (χ1v) is 45.0. The van der Waals surface area contributed by atoms with Gasteiger partial charge < -0.3 is 86.0 Å². The number of fused-ring (bicyclic) bond motifs is 11. The number of alkyl halides is 10. The highest BCUT2D eigenvalue weighted by atomic mass is 32.1. The van der Waals surface area contributed by atoms with Crippen molar-refractivity contribution in [3.05, 3.63) is 207 Å². The van der Waals surface area contributed by atoms with E-state index in [1.807, 2.05) is 66.2 Å². The molecule has 56 heteroatoms. The SMILES string of the molecule is COc1ccc2cc([C@H](C)C(=O)Nc3nc4cc5c(cc4[nH]3)OC(F)(F)O5)ccc2c1.Cc1nc(-c2cccc(C(=O)Nc3nc4cc5c(cc4[nH]3)OC(F)(F)O5)c2)no1.Cc1nnsc1-c1nc(C(=O)Nc2nc3cc4c(cc3[nH]2)OC(F)(F)O4)cs1.O=C(Nc1nc2cc3c(cc2[nH]1)OC(F)(F)O3)c1coc(-c2cccs2)n1.O=C(Nc1nc2cc3c(cc2[nH]1)OC(F)(F)O3)c1csc(-c2cscn2)n1. The van der Waals surface area contributed by atoms with E-state index in [0.717, 1.165) is 37.5 Å². The van der Waals surface area contributed by atoms with Gasteiger partial charge in [0.15, 0.2) is 63.2 Å². The number of hydrogen-bond acceptors (Lipinski definition) is 36. The summed E-state index contributed by atoms with van der Waals surface area (Å²) in [6.07, 6.45) is -17.3. The number of nitrogens with zero attached hydrogens (tertiary/aromatic N) is 13. The van der Waals surface area contributed by atoms with Gasteiger partial charge >= 0.3 is 31.5 Å². The second-order valence-corrected chi connectivity index (χ2v) is 34.4. The summed E-state index contributed by atoms with van der Waals surface area (Å²) >= 11 is 6.68. The van der Waals surface area contributed by atoms with E-state index in [1.165, 1.54) is 124 Å². The summed E-state index contributed by atoms with van der Waals surface area (Å²) in [5.41, 5.74) is 9.18. The van der Waals surface area contributed by atoms with Gasteiger partial charge in [0.25, 0.3) is 23.6 Å². The van der Waals surface area contributed by atoms with E-state index in [0.29, 0.717) is 99.6 Å². The number of rotatable bonds is 16. The second-order valence-electron chi connectivity index (χ2n) is 30.2. The van der Waals surface area contributed by atoms with Crippen LogP contribution < -0.4 is 78.7 Å². The maximum absolute atomic E-state index is 13.2. The normalized spacial score (nSPS) is 14.7. The number of hydrogen-bond donors (Lipinski definition) is 10. The summed E-state index contributed by atoms with van der Waals surface area (Å²) < 4.78 is 195. The lowest BCUT2D eigenvalue weighted by Crippen LogP contribution is -2.25. The number of oxazole rings is 1. The molecule has 5 amide bonds. The van der Waals surface area contributed by atoms with Gasteiger partial charge in [-0.15, -0.1) is 94.3 Å². The van der Waals surface area contributed by atoms with Crippen LogP contribution in [0.4, 0.5) is 73.6 Å². The summed E-state index contributed by atoms with van der Waals surface area (Å²) in [5, 5.41) is 31.1. The minimum atomic E-state index is -3.71. The Labute approximate surface area is 800 Å². The Bertz CT molecular complexity index is 8000. The fraction of sp³-hybridized carbons (Fsp3) is 0.116. The second kappa shape index (κ2) is 35.4. The molecule has 0 fully saturated rings. The van der Waals surface area contributed by atoms with E-state index in [4.69, 9.17) is 13.7 Å². The van der Waals surface area contributed by atoms with Crippen molar-refractivity contribution in [3.63, 3.8) is 0 Å². The molecule has 0 spiro atoms. The highest BCUT2D eigenvalue weighted by Crippen LogP contribution is 2.49. The van der Waals surface area contributed by atoms with Gasteiger partial charge in [0.05, 0.1) is 84.3 Å². The topological polar surface area (TPSA) is 520 Å². The van der Waals surface area contributed by atoms with Crippen molar-refractivity contribution in [3.8, 4) is 106 Å². The van der Waals surface area contributed by atoms with Crippen molar-refractivity contribution in [2.45, 2.75) is 58.2 Å². The quantitative estimate of drug-likeness (QED) is 0.0402. The third-order valence-corrected chi connectivity index (χ3v) is 24.6. The van der Waals surface area contributed by atoms with Gasteiger partial charge in [-0.3, -0.25) is 50.6 Å². The van der Waals surface area contributed by atoms with Gasteiger partial charge in [-0.25, -0.2) is 44.9 Å². The Kier molecular flexibility index (Phi) is 22.6. The average Bonchev–Trinajstić information content (AvgIpc) is 1.64. The lowest BCUT2D eigenvalue weighted by Gasteiger charge is -2.12. The first kappa shape index (κ1) is 90.8. The Morgan fingerprint density at radius 1 is 0.437 bits per heavy atom. The summed E-state index contributed by atoms with van der Waals surface area (Å²) in [6.45, 7) is 5.28. The van der Waals surface area contributed by atoms with Crippen molar-refractivity contribution < 1.29 is 129 Å². The number of benzene rings is 8. The number of thiophene rings is 1. The zero-order valence-electron chi connectivity index (χ0n) is 71.2. The molecule has 5 aliphatic heterocycles. The summed E-state index contributed by atoms with van der Waals surface area (Å²) in [4.78, 5) is 120. The number of amides is 5. The number of carbonyl (C=O) groups is 5. The molecule has 142 heavy (non-hydrogen) atoms. The standard InChI is InChI=1S/C22H17F2N3O4.C18H11F2N5O4.C16H8F2N4O4S.C15H8F2N6O3S2.C15H7F2N5O3S2/c1-11(12-3-4-14-8-15(29-2)6-5-13(14)7-12)20(28)27-21-25-16-9-18-19(10-17(16)26-21)31-22(23,24)30-18;1-8-21-15(25-29-8)9-3-2-4-10(5-9)16(26)24-17-22-11-6-13-14(7-12(11)23-17)28-18(19,20)27-13;17-16(18)25-10-4-7-8(5-11(10)26-16)21-15(20-7)22-13(23)9-6-24-14(19-9)12-2-1-3-27-12;1-5-11(28-23-22-5)13-18-8(4-27-13)12(24)21-14-19-6-2-9-10(3-7(6)20-14)26-15(16,17)25-9;16-15(17)24-10-1-6-7(2-11(10)25-15)21-14(20-6)22-12(23)8-4-27-13(19-8)9-3-26-5-18-9/h3-11H,1-2H3,(H2,25,26,27,28);2-7H,1H3,(H2,22,23,24,26);1-6H,(H2,20,21,22,23);2-4H,1H3,(H2,19,20,21,24);1-5H,(H2,20,21,22,23)/t11-;;;;/m0..../s1. The number of imidazole rings is 5. The summed E-state index contributed by atoms with van der Waals surface area (Å²) in [5.74, 6) is -1.16. The van der Waals surface area contributed by atoms with Gasteiger partial charge in [-0.2, -0.15) is 4.98 Å². The van der Waals surface area contributed by atoms with Gasteiger partial charge in [-0.05, 0) is 77.4 Å². The number of halogens is 10. The molecule has 20 aromatic rings. The molecule has 0 aliphatic carbocycles. The Morgan fingerprint density at radius 3 is 1.30 bits per heavy atom. The smallest absolute Gasteiger partial charge is 0.497 e. The van der Waals surface area contributed by atoms with Crippen molar-refractivity contribution >= 4 is 182 Å². The number of aromatic nitrogens is 18. The van der Waals surface area contributed by atoms with Crippen LogP contribution in [0.25, 0.3) is 109 Å². The lowest BCUT2D eigenvalue weighted by atomic mass is 9.97. The van der Waals surface area contributed by atoms with Crippen molar-refractivity contribution in [2.75, 3.05) is 33.7 Å². The predicted octanol–water partition coefficient (Wildman–Crippen LogP) is 19.3. The molecule has 0 radical (unpaired) electrons. The molecule has 8 aromatic carbocycles. The molecular weight excluding hydrogens is 1990 g/mol. The maximum Gasteiger partial charge on any atom is 0.586 e. The van der Waals surface area contributed by atoms with Gasteiger partial charge in [0, 0.05) is 94.9 Å². The number of aromatic amines is 5. The monoisotopic (exact) mass is 2040 g/mol. The zero-order valence-corrected chi connectivity index (χ0v) is 75.3. The van der Waals surface area contributed by atoms with E-state index in [1.54, 1.807) is 61.5 Å². The minimum absolute atomic E-state index is 0.0765. The lowest BCUT2D eigenvalue weighted by molar-refractivity contribution is -0.287. The third-order valence-electron chi connectivity index (χ3n) is 20.5. The molecule has 17 heterocycles. The first-order chi connectivity index (χ1) is 68.0. The number of carbonyl (C=O) groups excluding carboxylic acids is 5. The highest BCUT2D eigenvalue weighted by Gasteiger charge is 2.48. The van der Waals surface area contributed by atoms with Crippen molar-refractivity contribution in [1.82, 2.24) is 89.5 Å². The van der Waals surface area contributed by atoms with Crippen LogP contribution in [0.1, 0.15) is 71.8 Å². The molecule has 0 unspecified atom stereocenters. The molecule has 25 rings (SSSR count). The van der Waals surface area contributed by atoms with E-state index < -0.39 is 61.0 Å². The molecule has 10 N–H and O–H groups in total. The average molecular weight is 2040 g/mol. The number of ether oxygens (including phenoxy) is 11. The van der Waals surface area contributed by atoms with Crippen LogP contribution in [0, 0.1) is 13.8 Å². The van der Waals surface area contributed by atoms with E-state index in [9.17, 15) is 67.9 Å². The summed E-state index contributed by atoms with van der Waals surface area (Å²) in [6, 6.07) is 35.1. The number of H-pyrrole nitrogens is 5. The first-order valence-electron chi connectivity index (χ1n) is 40.6. The highest BCUT2D eigenvalue weighted by molar-refractivity contribution is 7.18. The maximum atomic E-state index is 13.2. The number of methoxy groups -OCH3 is 1. The molecule has 718 valence electrons. The molecule has 41 nitrogen and oxygen atoms in total. The molecular formula is C86H51F10N23O18S5. The Morgan fingerprint density at radius 2 is 0.873 bits per heavy atom. The molecule has 0 saturated carbocycles. The fourth-order valence-electron chi connectivity index (χ4n) is 14.1. The van der Waals surface area contributed by atoms with Crippen LogP contribution in [0.5, 0.6) is 63.2 Å². The molecule has 12 aromatic heterocycles. The predicted molar refractivity (Wildman–Crippen MR) is 484 cm³/mol. The third kappa shape index (κ3) is 19.2. The van der Waals surface area contributed by atoms with Crippen molar-refractivity contribution in [2.24, 2.45) is 0 Å². The van der Waals surface area contributed by atoms with Crippen LogP contribution in [-0.2, 0) is 4.79 Å². The van der Waals surface area contributed by atoms with Crippen LogP contribution in [-0.4, -0.2) is 158 Å². The van der Waals surface area contributed by atoms with Gasteiger partial charge in [0.1, 0.15) is 44.0 Å². The molecule has 0 bridgehead atoms. The van der Waals surface area contributed by atoms with E-state index in [2.05, 4.69) is 163 Å². The van der Waals surface area contributed by atoms with Gasteiger partial charge in [-0.1, -0.05) is 52.1 Å². The van der Waals surface area contributed by atoms with Crippen molar-refractivity contribution in [1.29, 1.82) is 0 Å². The van der Waals surface area contributed by atoms with Gasteiger partial charge in [0.2, 0.25) is 53.3 Å². The van der Waals surface area contributed by atoms with Crippen LogP contribution in [0.15, 0.2) is 176 Å².